The largest absolute Gasteiger partial charge is 0.493 e. The molecule has 1 aromatic carbocycles. The lowest BCUT2D eigenvalue weighted by Gasteiger charge is -2.51. The van der Waals surface area contributed by atoms with E-state index in [0.717, 1.165) is 50.7 Å². The molecule has 4 heterocycles. The number of hydrogen-bond acceptors (Lipinski definition) is 4. The molecule has 0 radical (unpaired) electrons. The lowest BCUT2D eigenvalue weighted by molar-refractivity contribution is -0.0306. The van der Waals surface area contributed by atoms with Gasteiger partial charge < -0.3 is 14.1 Å². The van der Waals surface area contributed by atoms with Crippen LogP contribution in [0, 0.1) is 5.41 Å². The van der Waals surface area contributed by atoms with Gasteiger partial charge in [0, 0.05) is 18.5 Å². The number of nitrogens with zero attached hydrogens (tertiary/aromatic N) is 2. The van der Waals surface area contributed by atoms with Crippen LogP contribution in [0.25, 0.3) is 0 Å². The van der Waals surface area contributed by atoms with Crippen molar-refractivity contribution in [3.8, 4) is 5.75 Å². The molecule has 136 valence electrons. The third kappa shape index (κ3) is 2.80. The van der Waals surface area contributed by atoms with Crippen molar-refractivity contribution in [3.63, 3.8) is 0 Å². The maximum Gasteiger partial charge on any atom is 0.289 e. The van der Waals surface area contributed by atoms with E-state index in [-0.39, 0.29) is 11.3 Å². The van der Waals surface area contributed by atoms with Crippen molar-refractivity contribution in [2.45, 2.75) is 25.8 Å². The van der Waals surface area contributed by atoms with Crippen LogP contribution >= 0.6 is 0 Å². The molecule has 0 N–H and O–H groups in total. The highest BCUT2D eigenvalue weighted by atomic mass is 16.5. The number of carbonyl (C=O) groups excluding carboxylic acids is 1. The van der Waals surface area contributed by atoms with Gasteiger partial charge in [-0.2, -0.15) is 0 Å². The van der Waals surface area contributed by atoms with Crippen LogP contribution in [-0.2, 0) is 13.0 Å². The van der Waals surface area contributed by atoms with Gasteiger partial charge in [0.1, 0.15) is 11.5 Å². The number of ether oxygens (including phenoxy) is 1. The number of amides is 1. The first-order chi connectivity index (χ1) is 12.7. The topological polar surface area (TPSA) is 45.9 Å². The van der Waals surface area contributed by atoms with Crippen LogP contribution in [0.4, 0.5) is 0 Å². The Bertz CT molecular complexity index is 816. The van der Waals surface area contributed by atoms with E-state index in [1.807, 2.05) is 35.2 Å². The van der Waals surface area contributed by atoms with Gasteiger partial charge in [-0.1, -0.05) is 18.2 Å². The van der Waals surface area contributed by atoms with Crippen molar-refractivity contribution in [2.75, 3.05) is 32.8 Å². The Morgan fingerprint density at radius 1 is 1.08 bits per heavy atom. The molecule has 0 saturated carbocycles. The number of furan rings is 1. The zero-order valence-corrected chi connectivity index (χ0v) is 14.9. The molecule has 2 saturated heterocycles. The number of fused-ring (bicyclic) bond motifs is 1. The van der Waals surface area contributed by atoms with Crippen LogP contribution in [0.3, 0.4) is 0 Å². The Kier molecular flexibility index (Phi) is 3.78. The number of likely N-dealkylation sites (tertiary alicyclic amines) is 2. The fourth-order valence-corrected chi connectivity index (χ4v) is 4.48. The Hall–Kier alpha value is -2.27. The summed E-state index contributed by atoms with van der Waals surface area (Å²) in [6.07, 6.45) is 3.49. The van der Waals surface area contributed by atoms with E-state index in [1.54, 1.807) is 0 Å². The van der Waals surface area contributed by atoms with Crippen molar-refractivity contribution in [3.05, 3.63) is 53.5 Å². The van der Waals surface area contributed by atoms with E-state index in [4.69, 9.17) is 9.15 Å². The minimum atomic E-state index is 0.00200. The molecule has 26 heavy (non-hydrogen) atoms. The lowest BCUT2D eigenvalue weighted by Crippen LogP contribution is -2.62. The third-order valence-corrected chi connectivity index (χ3v) is 5.86. The second-order valence-corrected chi connectivity index (χ2v) is 7.98. The molecule has 3 aliphatic heterocycles. The van der Waals surface area contributed by atoms with Gasteiger partial charge in [0.25, 0.3) is 5.91 Å². The summed E-state index contributed by atoms with van der Waals surface area (Å²) in [6.45, 7) is 5.22. The standard InChI is InChI=1S/C21H24N2O3/c24-20(19-8-7-17(26-19)12-22-9-3-4-10-22)23-13-21(14-23)11-16-5-1-2-6-18(16)25-15-21/h1-2,5-8H,3-4,9-15H2. The molecule has 1 amide bonds. The average molecular weight is 352 g/mol. The molecule has 0 bridgehead atoms. The number of carbonyl (C=O) groups is 1. The molecule has 0 aliphatic carbocycles. The average Bonchev–Trinajstić information content (AvgIpc) is 3.31. The van der Waals surface area contributed by atoms with Gasteiger partial charge in [0.15, 0.2) is 5.76 Å². The first kappa shape index (κ1) is 15.9. The first-order valence-electron chi connectivity index (χ1n) is 9.52. The molecular formula is C21H24N2O3. The number of rotatable bonds is 3. The van der Waals surface area contributed by atoms with Crippen molar-refractivity contribution in [1.82, 2.24) is 9.80 Å². The summed E-state index contributed by atoms with van der Waals surface area (Å²) in [4.78, 5) is 17.0. The first-order valence-corrected chi connectivity index (χ1v) is 9.52. The Labute approximate surface area is 153 Å². The molecular weight excluding hydrogens is 328 g/mol. The summed E-state index contributed by atoms with van der Waals surface area (Å²) >= 11 is 0. The van der Waals surface area contributed by atoms with Crippen LogP contribution in [0.1, 0.15) is 34.7 Å². The van der Waals surface area contributed by atoms with Crippen molar-refractivity contribution >= 4 is 5.91 Å². The SMILES string of the molecule is O=C(c1ccc(CN2CCCC2)o1)N1CC2(COc3ccccc3C2)C1. The molecule has 0 atom stereocenters. The third-order valence-electron chi connectivity index (χ3n) is 5.86. The van der Waals surface area contributed by atoms with Crippen LogP contribution in [-0.4, -0.2) is 48.5 Å². The van der Waals surface area contributed by atoms with Gasteiger partial charge in [-0.15, -0.1) is 0 Å². The number of benzene rings is 1. The van der Waals surface area contributed by atoms with Crippen LogP contribution in [0.5, 0.6) is 5.75 Å². The highest BCUT2D eigenvalue weighted by Crippen LogP contribution is 2.41. The second-order valence-electron chi connectivity index (χ2n) is 7.98. The maximum atomic E-state index is 12.7. The number of para-hydroxylation sites is 1. The molecule has 2 fully saturated rings. The van der Waals surface area contributed by atoms with Gasteiger partial charge in [-0.05, 0) is 56.1 Å². The molecule has 1 aromatic heterocycles. The van der Waals surface area contributed by atoms with Gasteiger partial charge in [-0.25, -0.2) is 0 Å². The maximum absolute atomic E-state index is 12.7. The zero-order valence-electron chi connectivity index (χ0n) is 14.9. The summed E-state index contributed by atoms with van der Waals surface area (Å²) in [5, 5.41) is 0. The monoisotopic (exact) mass is 352 g/mol. The van der Waals surface area contributed by atoms with Crippen molar-refractivity contribution < 1.29 is 13.9 Å². The summed E-state index contributed by atoms with van der Waals surface area (Å²) in [5.41, 5.74) is 1.31. The van der Waals surface area contributed by atoms with Gasteiger partial charge >= 0.3 is 0 Å². The molecule has 5 nitrogen and oxygen atoms in total. The molecule has 5 rings (SSSR count). The van der Waals surface area contributed by atoms with Crippen molar-refractivity contribution in [2.24, 2.45) is 5.41 Å². The Morgan fingerprint density at radius 3 is 2.73 bits per heavy atom. The van der Waals surface area contributed by atoms with Gasteiger partial charge in [0.2, 0.25) is 0 Å². The lowest BCUT2D eigenvalue weighted by atomic mass is 9.74. The Balaban J connectivity index is 1.21. The van der Waals surface area contributed by atoms with Gasteiger partial charge in [-0.3, -0.25) is 9.69 Å². The summed E-state index contributed by atoms with van der Waals surface area (Å²) < 4.78 is 11.8. The minimum absolute atomic E-state index is 0.00200. The van der Waals surface area contributed by atoms with Crippen LogP contribution in [0.2, 0.25) is 0 Å². The molecule has 5 heteroatoms. The van der Waals surface area contributed by atoms with E-state index < -0.39 is 0 Å². The van der Waals surface area contributed by atoms with E-state index in [1.165, 1.54) is 18.4 Å². The van der Waals surface area contributed by atoms with E-state index in [2.05, 4.69) is 11.0 Å². The molecule has 1 spiro atoms. The smallest absolute Gasteiger partial charge is 0.289 e. The Morgan fingerprint density at radius 2 is 1.88 bits per heavy atom. The van der Waals surface area contributed by atoms with Crippen molar-refractivity contribution in [1.29, 1.82) is 0 Å². The van der Waals surface area contributed by atoms with E-state index in [9.17, 15) is 4.79 Å². The summed E-state index contributed by atoms with van der Waals surface area (Å²) in [7, 11) is 0. The predicted molar refractivity (Wildman–Crippen MR) is 97.2 cm³/mol. The second kappa shape index (κ2) is 6.16. The van der Waals surface area contributed by atoms with Crippen LogP contribution in [0.15, 0.2) is 40.8 Å². The fraction of sp³-hybridized carbons (Fsp3) is 0.476. The quantitative estimate of drug-likeness (QED) is 0.852. The zero-order chi connectivity index (χ0) is 17.6. The minimum Gasteiger partial charge on any atom is -0.493 e. The van der Waals surface area contributed by atoms with E-state index >= 15 is 0 Å². The fourth-order valence-electron chi connectivity index (χ4n) is 4.48. The number of hydrogen-bond donors (Lipinski definition) is 0. The predicted octanol–water partition coefficient (Wildman–Crippen LogP) is 2.95. The normalized spacial score (nSPS) is 21.3. The molecule has 3 aliphatic rings. The highest BCUT2D eigenvalue weighted by molar-refractivity contribution is 5.92. The summed E-state index contributed by atoms with van der Waals surface area (Å²) in [6, 6.07) is 12.0. The molecule has 0 unspecified atom stereocenters. The molecule has 2 aromatic rings. The van der Waals surface area contributed by atoms with Crippen LogP contribution < -0.4 is 4.74 Å². The summed E-state index contributed by atoms with van der Waals surface area (Å²) in [5.74, 6) is 2.34. The highest BCUT2D eigenvalue weighted by Gasteiger charge is 2.48. The van der Waals surface area contributed by atoms with E-state index in [0.29, 0.717) is 12.4 Å². The van der Waals surface area contributed by atoms with Gasteiger partial charge in [0.05, 0.1) is 13.2 Å².